The Morgan fingerprint density at radius 1 is 1.38 bits per heavy atom. The molecule has 1 N–H and O–H groups in total. The van der Waals surface area contributed by atoms with Gasteiger partial charge in [0.25, 0.3) is 0 Å². The Balaban J connectivity index is 2.43. The van der Waals surface area contributed by atoms with E-state index < -0.39 is 11.9 Å². The van der Waals surface area contributed by atoms with Crippen LogP contribution in [0, 0.1) is 0 Å². The van der Waals surface area contributed by atoms with Gasteiger partial charge < -0.3 is 4.74 Å². The van der Waals surface area contributed by atoms with Gasteiger partial charge in [-0.15, -0.1) is 0 Å². The minimum absolute atomic E-state index is 0.161. The number of nitrogens with zero attached hydrogens (tertiary/aromatic N) is 1. The summed E-state index contributed by atoms with van der Waals surface area (Å²) in [4.78, 5) is 21.9. The Hall–Kier alpha value is -2.17. The molecular weight excluding hydrogens is 208 g/mol. The fourth-order valence-corrected chi connectivity index (χ4v) is 0.947. The third-order valence-corrected chi connectivity index (χ3v) is 1.64. The molecule has 5 nitrogen and oxygen atoms in total. The van der Waals surface area contributed by atoms with Crippen molar-refractivity contribution in [2.45, 2.75) is 6.92 Å². The molecule has 1 aromatic carbocycles. The average molecular weight is 220 g/mol. The van der Waals surface area contributed by atoms with Gasteiger partial charge in [-0.05, 0) is 12.5 Å². The summed E-state index contributed by atoms with van der Waals surface area (Å²) < 4.78 is 4.48. The maximum absolute atomic E-state index is 11.0. The van der Waals surface area contributed by atoms with Gasteiger partial charge in [-0.25, -0.2) is 10.2 Å². The van der Waals surface area contributed by atoms with Gasteiger partial charge in [-0.1, -0.05) is 30.3 Å². The smallest absolute Gasteiger partial charge is 0.398 e. The lowest BCUT2D eigenvalue weighted by Crippen LogP contribution is -2.28. The molecule has 0 unspecified atom stereocenters. The number of amides is 1. The van der Waals surface area contributed by atoms with Crippen LogP contribution < -0.4 is 5.43 Å². The largest absolute Gasteiger partial charge is 0.459 e. The molecule has 0 heterocycles. The summed E-state index contributed by atoms with van der Waals surface area (Å²) in [6, 6.07) is 9.19. The van der Waals surface area contributed by atoms with E-state index in [1.807, 2.05) is 30.3 Å². The minimum atomic E-state index is -0.937. The lowest BCUT2D eigenvalue weighted by molar-refractivity contribution is -0.154. The van der Waals surface area contributed by atoms with Crippen LogP contribution in [-0.2, 0) is 14.3 Å². The van der Waals surface area contributed by atoms with Crippen molar-refractivity contribution in [3.63, 3.8) is 0 Å². The summed E-state index contributed by atoms with van der Waals surface area (Å²) in [5.74, 6) is -1.82. The normalized spacial score (nSPS) is 10.1. The molecular formula is C11H12N2O3. The Morgan fingerprint density at radius 3 is 2.69 bits per heavy atom. The summed E-state index contributed by atoms with van der Waals surface area (Å²) >= 11 is 0. The van der Waals surface area contributed by atoms with Gasteiger partial charge in [0.1, 0.15) is 0 Å². The van der Waals surface area contributed by atoms with Crippen LogP contribution in [0.15, 0.2) is 35.4 Å². The zero-order valence-corrected chi connectivity index (χ0v) is 8.84. The number of carbonyl (C=O) groups is 2. The highest BCUT2D eigenvalue weighted by Crippen LogP contribution is 1.93. The van der Waals surface area contributed by atoms with Gasteiger partial charge in [-0.2, -0.15) is 5.10 Å². The van der Waals surface area contributed by atoms with Crippen molar-refractivity contribution in [2.24, 2.45) is 5.10 Å². The number of hydrogen-bond acceptors (Lipinski definition) is 4. The Kier molecular flexibility index (Phi) is 4.72. The molecule has 0 radical (unpaired) electrons. The lowest BCUT2D eigenvalue weighted by atomic mass is 10.2. The standard InChI is InChI=1S/C11H12N2O3/c1-2-16-11(15)10(14)13-12-8-9-6-4-3-5-7-9/h3-8H,2H2,1H3,(H,13,14)/b12-8-. The van der Waals surface area contributed by atoms with E-state index in [0.717, 1.165) is 5.56 Å². The third kappa shape index (κ3) is 3.91. The predicted octanol–water partition coefficient (Wildman–Crippen LogP) is 0.700. The zero-order chi connectivity index (χ0) is 11.8. The molecule has 0 bridgehead atoms. The monoisotopic (exact) mass is 220 g/mol. The molecule has 5 heteroatoms. The van der Waals surface area contributed by atoms with Crippen LogP contribution in [0.2, 0.25) is 0 Å². The van der Waals surface area contributed by atoms with Crippen LogP contribution >= 0.6 is 0 Å². The molecule has 1 amide bonds. The predicted molar refractivity (Wildman–Crippen MR) is 58.8 cm³/mol. The van der Waals surface area contributed by atoms with Crippen LogP contribution in [-0.4, -0.2) is 24.7 Å². The van der Waals surface area contributed by atoms with E-state index in [9.17, 15) is 9.59 Å². The second kappa shape index (κ2) is 6.34. The first-order valence-corrected chi connectivity index (χ1v) is 4.79. The highest BCUT2D eigenvalue weighted by molar-refractivity contribution is 6.32. The van der Waals surface area contributed by atoms with E-state index in [4.69, 9.17) is 0 Å². The number of nitrogens with one attached hydrogen (secondary N) is 1. The quantitative estimate of drug-likeness (QED) is 0.353. The highest BCUT2D eigenvalue weighted by atomic mass is 16.5. The fourth-order valence-electron chi connectivity index (χ4n) is 0.947. The Morgan fingerprint density at radius 2 is 2.06 bits per heavy atom. The number of hydrogen-bond donors (Lipinski definition) is 1. The van der Waals surface area contributed by atoms with Crippen molar-refractivity contribution in [3.05, 3.63) is 35.9 Å². The van der Waals surface area contributed by atoms with Crippen LogP contribution in [0.1, 0.15) is 12.5 Å². The summed E-state index contributed by atoms with van der Waals surface area (Å²) in [7, 11) is 0. The molecule has 0 spiro atoms. The molecule has 0 aliphatic carbocycles. The lowest BCUT2D eigenvalue weighted by Gasteiger charge is -1.98. The number of carbonyl (C=O) groups excluding carboxylic acids is 2. The first kappa shape index (κ1) is 11.9. The molecule has 0 aliphatic heterocycles. The van der Waals surface area contributed by atoms with Crippen molar-refractivity contribution in [1.29, 1.82) is 0 Å². The van der Waals surface area contributed by atoms with E-state index in [2.05, 4.69) is 15.3 Å². The number of ether oxygens (including phenoxy) is 1. The topological polar surface area (TPSA) is 67.8 Å². The summed E-state index contributed by atoms with van der Waals surface area (Å²) in [5.41, 5.74) is 2.90. The van der Waals surface area contributed by atoms with Crippen LogP contribution in [0.25, 0.3) is 0 Å². The van der Waals surface area contributed by atoms with Gasteiger partial charge in [-0.3, -0.25) is 4.79 Å². The van der Waals surface area contributed by atoms with E-state index in [1.165, 1.54) is 6.21 Å². The fraction of sp³-hybridized carbons (Fsp3) is 0.182. The molecule has 0 aromatic heterocycles. The zero-order valence-electron chi connectivity index (χ0n) is 8.84. The van der Waals surface area contributed by atoms with Crippen LogP contribution in [0.5, 0.6) is 0 Å². The second-order valence-electron chi connectivity index (χ2n) is 2.83. The maximum Gasteiger partial charge on any atom is 0.398 e. The van der Waals surface area contributed by atoms with E-state index in [0.29, 0.717) is 0 Å². The number of benzene rings is 1. The van der Waals surface area contributed by atoms with E-state index in [-0.39, 0.29) is 6.61 Å². The molecule has 0 fully saturated rings. The molecule has 0 saturated heterocycles. The minimum Gasteiger partial charge on any atom is -0.459 e. The molecule has 1 aromatic rings. The molecule has 0 saturated carbocycles. The van der Waals surface area contributed by atoms with Gasteiger partial charge in [0.05, 0.1) is 12.8 Å². The van der Waals surface area contributed by atoms with Crippen molar-refractivity contribution in [1.82, 2.24) is 5.43 Å². The number of esters is 1. The highest BCUT2D eigenvalue weighted by Gasteiger charge is 2.12. The first-order valence-electron chi connectivity index (χ1n) is 4.79. The molecule has 16 heavy (non-hydrogen) atoms. The Bertz CT molecular complexity index is 387. The number of rotatable bonds is 3. The Labute approximate surface area is 93.1 Å². The van der Waals surface area contributed by atoms with Crippen molar-refractivity contribution in [3.8, 4) is 0 Å². The van der Waals surface area contributed by atoms with E-state index in [1.54, 1.807) is 6.92 Å². The summed E-state index contributed by atoms with van der Waals surface area (Å²) in [6.07, 6.45) is 1.44. The second-order valence-corrected chi connectivity index (χ2v) is 2.83. The molecule has 84 valence electrons. The van der Waals surface area contributed by atoms with Crippen molar-refractivity contribution in [2.75, 3.05) is 6.61 Å². The van der Waals surface area contributed by atoms with Gasteiger partial charge >= 0.3 is 11.9 Å². The SMILES string of the molecule is CCOC(=O)C(=O)N/N=C\c1ccccc1. The van der Waals surface area contributed by atoms with Crippen molar-refractivity contribution >= 4 is 18.1 Å². The maximum atomic E-state index is 11.0. The first-order chi connectivity index (χ1) is 7.74. The average Bonchev–Trinajstić information content (AvgIpc) is 2.30. The van der Waals surface area contributed by atoms with E-state index >= 15 is 0 Å². The van der Waals surface area contributed by atoms with Crippen LogP contribution in [0.4, 0.5) is 0 Å². The van der Waals surface area contributed by atoms with Gasteiger partial charge in [0.2, 0.25) is 0 Å². The molecule has 1 rings (SSSR count). The summed E-state index contributed by atoms with van der Waals surface area (Å²) in [5, 5.41) is 3.62. The van der Waals surface area contributed by atoms with Crippen LogP contribution in [0.3, 0.4) is 0 Å². The van der Waals surface area contributed by atoms with Crippen molar-refractivity contribution < 1.29 is 14.3 Å². The molecule has 0 atom stereocenters. The third-order valence-electron chi connectivity index (χ3n) is 1.64. The number of hydrazone groups is 1. The summed E-state index contributed by atoms with van der Waals surface area (Å²) in [6.45, 7) is 1.78. The van der Waals surface area contributed by atoms with Gasteiger partial charge in [0.15, 0.2) is 0 Å². The van der Waals surface area contributed by atoms with Gasteiger partial charge in [0, 0.05) is 0 Å². The molecule has 0 aliphatic rings.